The van der Waals surface area contributed by atoms with Crippen LogP contribution in [0, 0.1) is 5.92 Å². The quantitative estimate of drug-likeness (QED) is 0.808. The number of ether oxygens (including phenoxy) is 1. The number of hydrogen-bond acceptors (Lipinski definition) is 6. The Balaban J connectivity index is 1.55. The molecule has 2 aliphatic heterocycles. The van der Waals surface area contributed by atoms with E-state index < -0.39 is 6.67 Å². The highest BCUT2D eigenvalue weighted by Crippen LogP contribution is 2.27. The number of hydrogen-bond donors (Lipinski definition) is 0. The Labute approximate surface area is 128 Å². The smallest absolute Gasteiger partial charge is 0.324 e. The van der Waals surface area contributed by atoms with Gasteiger partial charge in [0.15, 0.2) is 5.82 Å². The van der Waals surface area contributed by atoms with Crippen LogP contribution in [0.25, 0.3) is 0 Å². The number of methoxy groups -OCH3 is 1. The Kier molecular flexibility index (Phi) is 4.56. The first-order valence-corrected chi connectivity index (χ1v) is 7.63. The number of carbonyl (C=O) groups is 1. The van der Waals surface area contributed by atoms with Gasteiger partial charge in [-0.05, 0) is 12.8 Å². The Hall–Kier alpha value is -1.70. The summed E-state index contributed by atoms with van der Waals surface area (Å²) in [5.74, 6) is 0.486. The number of nitrogens with zero attached hydrogens (tertiary/aromatic N) is 4. The molecule has 0 aliphatic carbocycles. The van der Waals surface area contributed by atoms with Crippen molar-refractivity contribution in [2.24, 2.45) is 5.92 Å². The molecule has 1 unspecified atom stereocenters. The summed E-state index contributed by atoms with van der Waals surface area (Å²) in [6.45, 7) is 1.98. The van der Waals surface area contributed by atoms with Gasteiger partial charge in [0.1, 0.15) is 6.61 Å². The third-order valence-corrected chi connectivity index (χ3v) is 4.36. The summed E-state index contributed by atoms with van der Waals surface area (Å²) in [5, 5.41) is 3.85. The summed E-state index contributed by atoms with van der Waals surface area (Å²) in [6.07, 6.45) is 2.03. The van der Waals surface area contributed by atoms with Crippen LogP contribution in [0.2, 0.25) is 0 Å². The summed E-state index contributed by atoms with van der Waals surface area (Å²) in [4.78, 5) is 20.1. The molecule has 7 nitrogen and oxygen atoms in total. The third-order valence-electron chi connectivity index (χ3n) is 4.36. The van der Waals surface area contributed by atoms with Crippen molar-refractivity contribution in [2.45, 2.75) is 31.9 Å². The maximum atomic E-state index is 12.7. The molecule has 3 heterocycles. The number of aromatic nitrogens is 2. The Morgan fingerprint density at radius 2 is 2.18 bits per heavy atom. The van der Waals surface area contributed by atoms with E-state index >= 15 is 0 Å². The molecule has 2 fully saturated rings. The molecule has 0 N–H and O–H groups in total. The molecule has 0 radical (unpaired) electrons. The molecule has 2 aliphatic rings. The van der Waals surface area contributed by atoms with Crippen LogP contribution in [0.3, 0.4) is 0 Å². The maximum absolute atomic E-state index is 12.7. The zero-order valence-electron chi connectivity index (χ0n) is 12.7. The van der Waals surface area contributed by atoms with Crippen molar-refractivity contribution in [1.29, 1.82) is 0 Å². The minimum atomic E-state index is -0.411. The molecule has 0 spiro atoms. The van der Waals surface area contributed by atoms with Gasteiger partial charge in [0.05, 0.1) is 6.67 Å². The molecule has 0 aromatic carbocycles. The van der Waals surface area contributed by atoms with Crippen LogP contribution in [0.1, 0.15) is 25.1 Å². The highest BCUT2D eigenvalue weighted by Gasteiger charge is 2.36. The lowest BCUT2D eigenvalue weighted by Gasteiger charge is -2.35. The van der Waals surface area contributed by atoms with Crippen molar-refractivity contribution in [3.05, 3.63) is 5.82 Å². The largest absolute Gasteiger partial charge is 0.377 e. The number of halogens is 1. The van der Waals surface area contributed by atoms with Crippen LogP contribution in [-0.2, 0) is 16.1 Å². The molecule has 3 rings (SSSR count). The normalized spacial score (nSPS) is 23.5. The van der Waals surface area contributed by atoms with Gasteiger partial charge in [-0.2, -0.15) is 4.98 Å². The van der Waals surface area contributed by atoms with Gasteiger partial charge in [0, 0.05) is 45.1 Å². The summed E-state index contributed by atoms with van der Waals surface area (Å²) in [5.41, 5.74) is 0. The molecule has 1 atom stereocenters. The number of amides is 1. The first kappa shape index (κ1) is 15.2. The van der Waals surface area contributed by atoms with Gasteiger partial charge in [-0.3, -0.25) is 9.18 Å². The van der Waals surface area contributed by atoms with Crippen molar-refractivity contribution in [1.82, 2.24) is 15.0 Å². The van der Waals surface area contributed by atoms with Gasteiger partial charge in [-0.15, -0.1) is 0 Å². The van der Waals surface area contributed by atoms with Crippen LogP contribution in [0.4, 0.5) is 10.4 Å². The van der Waals surface area contributed by atoms with Gasteiger partial charge in [0.2, 0.25) is 5.91 Å². The summed E-state index contributed by atoms with van der Waals surface area (Å²) < 4.78 is 22.9. The van der Waals surface area contributed by atoms with E-state index in [4.69, 9.17) is 9.26 Å². The first-order chi connectivity index (χ1) is 10.7. The van der Waals surface area contributed by atoms with Gasteiger partial charge in [-0.1, -0.05) is 5.16 Å². The lowest BCUT2D eigenvalue weighted by Crippen LogP contribution is -2.45. The fourth-order valence-corrected chi connectivity index (χ4v) is 3.19. The molecule has 1 amide bonds. The Bertz CT molecular complexity index is 516. The summed E-state index contributed by atoms with van der Waals surface area (Å²) in [7, 11) is 1.58. The van der Waals surface area contributed by atoms with E-state index in [1.54, 1.807) is 7.11 Å². The average molecular weight is 312 g/mol. The summed E-state index contributed by atoms with van der Waals surface area (Å²) in [6, 6.07) is 0.696. The van der Waals surface area contributed by atoms with E-state index in [0.29, 0.717) is 31.4 Å². The Morgan fingerprint density at radius 1 is 1.41 bits per heavy atom. The fraction of sp³-hybridized carbons (Fsp3) is 0.786. The van der Waals surface area contributed by atoms with Crippen LogP contribution in [0.5, 0.6) is 0 Å². The molecular weight excluding hydrogens is 291 g/mol. The SMILES string of the molecule is COCc1noc(N2CCC(N3CC(CF)CC3=O)CC2)n1. The van der Waals surface area contributed by atoms with E-state index in [-0.39, 0.29) is 17.9 Å². The molecule has 122 valence electrons. The standard InChI is InChI=1S/C14H21FN4O3/c1-21-9-12-16-14(22-17-12)18-4-2-11(3-5-18)19-8-10(7-15)6-13(19)20/h10-11H,2-9H2,1H3. The molecule has 1 aromatic heterocycles. The number of anilines is 1. The molecule has 22 heavy (non-hydrogen) atoms. The molecular formula is C14H21FN4O3. The number of alkyl halides is 1. The second-order valence-corrected chi connectivity index (χ2v) is 5.91. The van der Waals surface area contributed by atoms with Gasteiger partial charge < -0.3 is 19.1 Å². The van der Waals surface area contributed by atoms with Crippen molar-refractivity contribution < 1.29 is 18.4 Å². The van der Waals surface area contributed by atoms with Crippen molar-refractivity contribution >= 4 is 11.9 Å². The zero-order chi connectivity index (χ0) is 15.5. The van der Waals surface area contributed by atoms with E-state index in [0.717, 1.165) is 25.9 Å². The van der Waals surface area contributed by atoms with Crippen molar-refractivity contribution in [3.63, 3.8) is 0 Å². The van der Waals surface area contributed by atoms with Crippen molar-refractivity contribution in [3.8, 4) is 0 Å². The Morgan fingerprint density at radius 3 is 2.82 bits per heavy atom. The number of piperidine rings is 1. The van der Waals surface area contributed by atoms with Gasteiger partial charge in [0.25, 0.3) is 0 Å². The third kappa shape index (κ3) is 3.06. The maximum Gasteiger partial charge on any atom is 0.324 e. The molecule has 0 saturated carbocycles. The second-order valence-electron chi connectivity index (χ2n) is 5.91. The zero-order valence-corrected chi connectivity index (χ0v) is 12.7. The fourth-order valence-electron chi connectivity index (χ4n) is 3.19. The predicted octanol–water partition coefficient (Wildman–Crippen LogP) is 1.00. The number of likely N-dealkylation sites (tertiary alicyclic amines) is 1. The van der Waals surface area contributed by atoms with Crippen LogP contribution in [0.15, 0.2) is 4.52 Å². The average Bonchev–Trinajstić information content (AvgIpc) is 3.14. The van der Waals surface area contributed by atoms with Gasteiger partial charge >= 0.3 is 6.01 Å². The predicted molar refractivity (Wildman–Crippen MR) is 76.0 cm³/mol. The van der Waals surface area contributed by atoms with Crippen LogP contribution < -0.4 is 4.90 Å². The highest BCUT2D eigenvalue weighted by atomic mass is 19.1. The topological polar surface area (TPSA) is 71.7 Å². The van der Waals surface area contributed by atoms with Crippen LogP contribution in [-0.4, -0.2) is 60.4 Å². The van der Waals surface area contributed by atoms with E-state index in [1.807, 2.05) is 9.80 Å². The summed E-state index contributed by atoms with van der Waals surface area (Å²) >= 11 is 0. The van der Waals surface area contributed by atoms with Crippen LogP contribution >= 0.6 is 0 Å². The molecule has 2 saturated heterocycles. The minimum Gasteiger partial charge on any atom is -0.377 e. The molecule has 0 bridgehead atoms. The lowest BCUT2D eigenvalue weighted by atomic mass is 10.0. The number of carbonyl (C=O) groups excluding carboxylic acids is 1. The first-order valence-electron chi connectivity index (χ1n) is 7.63. The van der Waals surface area contributed by atoms with Crippen molar-refractivity contribution in [2.75, 3.05) is 38.3 Å². The second kappa shape index (κ2) is 6.60. The molecule has 8 heteroatoms. The molecule has 1 aromatic rings. The van der Waals surface area contributed by atoms with Gasteiger partial charge in [-0.25, -0.2) is 0 Å². The van der Waals surface area contributed by atoms with E-state index in [9.17, 15) is 9.18 Å². The lowest BCUT2D eigenvalue weighted by molar-refractivity contribution is -0.130. The minimum absolute atomic E-state index is 0.0845. The number of rotatable bonds is 5. The highest BCUT2D eigenvalue weighted by molar-refractivity contribution is 5.79. The monoisotopic (exact) mass is 312 g/mol. The van der Waals surface area contributed by atoms with E-state index in [2.05, 4.69) is 10.1 Å². The van der Waals surface area contributed by atoms with E-state index in [1.165, 1.54) is 0 Å².